The van der Waals surface area contributed by atoms with Crippen LogP contribution < -0.4 is 5.32 Å². The van der Waals surface area contributed by atoms with Gasteiger partial charge >= 0.3 is 0 Å². The number of fused-ring (bicyclic) bond motifs is 1. The van der Waals surface area contributed by atoms with E-state index in [0.29, 0.717) is 0 Å². The molecule has 1 nitrogen and oxygen atoms in total. The van der Waals surface area contributed by atoms with E-state index in [9.17, 15) is 0 Å². The topological polar surface area (TPSA) is 12.0 Å². The third-order valence-corrected chi connectivity index (χ3v) is 5.93. The van der Waals surface area contributed by atoms with E-state index >= 15 is 0 Å². The standard InChI is InChI=1S/C21H25NS/c1-3-5-15-21(4-2)16-23-19-14-10-9-13-18(19)20(22-21)17-11-7-6-8-12-17/h5-15,20,22H,3-4,16H2,1-2H3/t20-,21+/m0/s1. The van der Waals surface area contributed by atoms with Crippen LogP contribution in [-0.4, -0.2) is 11.3 Å². The van der Waals surface area contributed by atoms with Crippen molar-refractivity contribution in [3.8, 4) is 0 Å². The molecule has 1 heterocycles. The van der Waals surface area contributed by atoms with Gasteiger partial charge in [-0.25, -0.2) is 0 Å². The summed E-state index contributed by atoms with van der Waals surface area (Å²) in [6.45, 7) is 4.48. The van der Waals surface area contributed by atoms with E-state index in [4.69, 9.17) is 0 Å². The fraction of sp³-hybridized carbons (Fsp3) is 0.333. The van der Waals surface area contributed by atoms with Gasteiger partial charge in [-0.15, -0.1) is 11.8 Å². The molecule has 2 aromatic carbocycles. The first kappa shape index (κ1) is 16.4. The smallest absolute Gasteiger partial charge is 0.0594 e. The summed E-state index contributed by atoms with van der Waals surface area (Å²) in [5.74, 6) is 1.07. The molecule has 1 N–H and O–H groups in total. The summed E-state index contributed by atoms with van der Waals surface area (Å²) in [6.07, 6.45) is 6.86. The molecule has 3 rings (SSSR count). The van der Waals surface area contributed by atoms with Crippen molar-refractivity contribution in [3.63, 3.8) is 0 Å². The van der Waals surface area contributed by atoms with Crippen molar-refractivity contribution in [2.75, 3.05) is 5.75 Å². The molecule has 0 aliphatic carbocycles. The molecule has 0 spiro atoms. The molecule has 23 heavy (non-hydrogen) atoms. The number of allylic oxidation sites excluding steroid dienone is 1. The molecular formula is C21H25NS. The number of rotatable bonds is 4. The summed E-state index contributed by atoms with van der Waals surface area (Å²) in [4.78, 5) is 1.40. The van der Waals surface area contributed by atoms with Crippen LogP contribution in [0, 0.1) is 0 Å². The normalized spacial score (nSPS) is 24.3. The summed E-state index contributed by atoms with van der Waals surface area (Å²) in [5.41, 5.74) is 2.77. The molecule has 2 heteroatoms. The first-order chi connectivity index (χ1) is 11.3. The minimum absolute atomic E-state index is 0.0419. The highest BCUT2D eigenvalue weighted by Crippen LogP contribution is 2.39. The average molecular weight is 324 g/mol. The number of thioether (sulfide) groups is 1. The van der Waals surface area contributed by atoms with Gasteiger partial charge in [0, 0.05) is 16.2 Å². The van der Waals surface area contributed by atoms with Crippen LogP contribution in [0.5, 0.6) is 0 Å². The lowest BCUT2D eigenvalue weighted by atomic mass is 9.91. The fourth-order valence-corrected chi connectivity index (χ4v) is 4.46. The molecule has 2 atom stereocenters. The molecule has 0 amide bonds. The van der Waals surface area contributed by atoms with Crippen LogP contribution in [0.1, 0.15) is 43.9 Å². The first-order valence-electron chi connectivity index (χ1n) is 8.50. The monoisotopic (exact) mass is 323 g/mol. The third-order valence-electron chi connectivity index (χ3n) is 4.58. The third kappa shape index (κ3) is 3.54. The van der Waals surface area contributed by atoms with Crippen LogP contribution >= 0.6 is 11.8 Å². The van der Waals surface area contributed by atoms with Crippen molar-refractivity contribution in [3.05, 3.63) is 77.9 Å². The van der Waals surface area contributed by atoms with E-state index in [-0.39, 0.29) is 11.6 Å². The average Bonchev–Trinajstić information content (AvgIpc) is 2.79. The Bertz CT molecular complexity index is 665. The summed E-state index contributed by atoms with van der Waals surface area (Å²) in [7, 11) is 0. The van der Waals surface area contributed by atoms with Gasteiger partial charge in [-0.3, -0.25) is 5.32 Å². The van der Waals surface area contributed by atoms with E-state index in [1.165, 1.54) is 16.0 Å². The first-order valence-corrected chi connectivity index (χ1v) is 9.48. The van der Waals surface area contributed by atoms with Crippen LogP contribution in [0.15, 0.2) is 71.6 Å². The lowest BCUT2D eigenvalue weighted by Crippen LogP contribution is -2.46. The molecule has 0 fully saturated rings. The molecule has 0 unspecified atom stereocenters. The van der Waals surface area contributed by atoms with E-state index in [2.05, 4.69) is 85.9 Å². The Balaban J connectivity index is 2.06. The second-order valence-electron chi connectivity index (χ2n) is 6.13. The Kier molecular flexibility index (Phi) is 5.24. The van der Waals surface area contributed by atoms with Crippen molar-refractivity contribution in [1.29, 1.82) is 0 Å². The van der Waals surface area contributed by atoms with Crippen LogP contribution in [-0.2, 0) is 0 Å². The van der Waals surface area contributed by atoms with Gasteiger partial charge in [-0.05, 0) is 30.0 Å². The quantitative estimate of drug-likeness (QED) is 0.736. The van der Waals surface area contributed by atoms with Gasteiger partial charge in [0.05, 0.1) is 6.04 Å². The Morgan fingerprint density at radius 1 is 1.09 bits per heavy atom. The minimum atomic E-state index is 0.0419. The Morgan fingerprint density at radius 3 is 2.57 bits per heavy atom. The van der Waals surface area contributed by atoms with Crippen molar-refractivity contribution in [2.24, 2.45) is 0 Å². The summed E-state index contributed by atoms with van der Waals surface area (Å²) >= 11 is 1.98. The van der Waals surface area contributed by atoms with Gasteiger partial charge in [-0.2, -0.15) is 0 Å². The summed E-state index contributed by atoms with van der Waals surface area (Å²) in [6, 6.07) is 19.9. The molecule has 0 radical (unpaired) electrons. The van der Waals surface area contributed by atoms with E-state index in [1.54, 1.807) is 0 Å². The Morgan fingerprint density at radius 2 is 1.83 bits per heavy atom. The predicted octanol–water partition coefficient (Wildman–Crippen LogP) is 5.59. The van der Waals surface area contributed by atoms with E-state index < -0.39 is 0 Å². The second kappa shape index (κ2) is 7.37. The van der Waals surface area contributed by atoms with Crippen molar-refractivity contribution >= 4 is 11.8 Å². The zero-order valence-electron chi connectivity index (χ0n) is 14.0. The van der Waals surface area contributed by atoms with Crippen LogP contribution in [0.3, 0.4) is 0 Å². The van der Waals surface area contributed by atoms with Crippen molar-refractivity contribution < 1.29 is 0 Å². The van der Waals surface area contributed by atoms with Gasteiger partial charge in [0.2, 0.25) is 0 Å². The van der Waals surface area contributed by atoms with Crippen molar-refractivity contribution in [1.82, 2.24) is 5.32 Å². The Hall–Kier alpha value is -1.51. The number of hydrogen-bond donors (Lipinski definition) is 1. The molecule has 1 aliphatic heterocycles. The highest BCUT2D eigenvalue weighted by Gasteiger charge is 2.33. The van der Waals surface area contributed by atoms with E-state index in [0.717, 1.165) is 18.6 Å². The van der Waals surface area contributed by atoms with Gasteiger partial charge in [0.25, 0.3) is 0 Å². The van der Waals surface area contributed by atoms with Gasteiger partial charge in [0.1, 0.15) is 0 Å². The SMILES string of the molecule is CCC=C[C@]1(CC)CSc2ccccc2[C@H](c2ccccc2)N1. The summed E-state index contributed by atoms with van der Waals surface area (Å²) in [5, 5.41) is 3.98. The van der Waals surface area contributed by atoms with Crippen LogP contribution in [0.4, 0.5) is 0 Å². The molecule has 1 aliphatic rings. The minimum Gasteiger partial charge on any atom is -0.296 e. The number of benzene rings is 2. The predicted molar refractivity (Wildman–Crippen MR) is 101 cm³/mol. The molecule has 120 valence electrons. The molecule has 0 bridgehead atoms. The Labute approximate surface area is 144 Å². The zero-order chi connectivity index (χ0) is 16.1. The van der Waals surface area contributed by atoms with Crippen LogP contribution in [0.2, 0.25) is 0 Å². The zero-order valence-corrected chi connectivity index (χ0v) is 14.8. The highest BCUT2D eigenvalue weighted by molar-refractivity contribution is 7.99. The maximum atomic E-state index is 3.98. The largest absolute Gasteiger partial charge is 0.296 e. The molecule has 2 aromatic rings. The highest BCUT2D eigenvalue weighted by atomic mass is 32.2. The maximum Gasteiger partial charge on any atom is 0.0594 e. The van der Waals surface area contributed by atoms with Gasteiger partial charge in [0.15, 0.2) is 0 Å². The summed E-state index contributed by atoms with van der Waals surface area (Å²) < 4.78 is 0. The fourth-order valence-electron chi connectivity index (χ4n) is 3.13. The number of nitrogens with one attached hydrogen (secondary N) is 1. The molecule has 0 aromatic heterocycles. The lowest BCUT2D eigenvalue weighted by Gasteiger charge is -2.33. The van der Waals surface area contributed by atoms with Crippen LogP contribution in [0.25, 0.3) is 0 Å². The van der Waals surface area contributed by atoms with Gasteiger partial charge in [-0.1, -0.05) is 74.5 Å². The molecule has 0 saturated carbocycles. The van der Waals surface area contributed by atoms with Crippen molar-refractivity contribution in [2.45, 2.75) is 43.2 Å². The lowest BCUT2D eigenvalue weighted by molar-refractivity contribution is 0.398. The number of hydrogen-bond acceptors (Lipinski definition) is 2. The van der Waals surface area contributed by atoms with Gasteiger partial charge < -0.3 is 0 Å². The van der Waals surface area contributed by atoms with E-state index in [1.807, 2.05) is 11.8 Å². The maximum absolute atomic E-state index is 3.98. The molecular weight excluding hydrogens is 298 g/mol. The molecule has 0 saturated heterocycles. The second-order valence-corrected chi connectivity index (χ2v) is 7.15.